The molecule has 0 unspecified atom stereocenters. The number of hydrogen-bond acceptors (Lipinski definition) is 1. The average Bonchev–Trinajstić information content (AvgIpc) is 2.33. The Morgan fingerprint density at radius 3 is 2.71 bits per heavy atom. The minimum atomic E-state index is -0.771. The molecule has 0 saturated heterocycles. The summed E-state index contributed by atoms with van der Waals surface area (Å²) in [5, 5.41) is 11.3. The van der Waals surface area contributed by atoms with E-state index in [1.807, 2.05) is 18.2 Å². The van der Waals surface area contributed by atoms with Crippen LogP contribution in [0.15, 0.2) is 42.5 Å². The summed E-state index contributed by atoms with van der Waals surface area (Å²) in [4.78, 5) is 10.9. The maximum atomic E-state index is 10.9. The molecule has 0 fully saturated rings. The largest absolute Gasteiger partial charge is 0.481 e. The van der Waals surface area contributed by atoms with E-state index in [0.29, 0.717) is 0 Å². The summed E-state index contributed by atoms with van der Waals surface area (Å²) in [5.41, 5.74) is 3.29. The molecule has 17 heavy (non-hydrogen) atoms. The molecule has 0 amide bonds. The third kappa shape index (κ3) is 1.62. The number of allylic oxidation sites excluding steroid dienone is 1. The molecule has 0 aromatic heterocycles. The normalized spacial score (nSPS) is 13.5. The Kier molecular flexibility index (Phi) is 2.22. The van der Waals surface area contributed by atoms with Crippen molar-refractivity contribution in [3.8, 4) is 0 Å². The Bertz CT molecular complexity index is 633. The van der Waals surface area contributed by atoms with Gasteiger partial charge in [0.25, 0.3) is 0 Å². The van der Waals surface area contributed by atoms with Gasteiger partial charge in [-0.3, -0.25) is 4.79 Å². The zero-order chi connectivity index (χ0) is 11.8. The molecule has 0 aliphatic heterocycles. The van der Waals surface area contributed by atoms with E-state index in [-0.39, 0.29) is 6.42 Å². The molecule has 0 bridgehead atoms. The third-order valence-electron chi connectivity index (χ3n) is 3.25. The quantitative estimate of drug-likeness (QED) is 0.850. The van der Waals surface area contributed by atoms with Gasteiger partial charge in [-0.25, -0.2) is 0 Å². The van der Waals surface area contributed by atoms with E-state index in [4.69, 9.17) is 5.11 Å². The van der Waals surface area contributed by atoms with Crippen molar-refractivity contribution in [2.45, 2.75) is 12.8 Å². The second-order valence-electron chi connectivity index (χ2n) is 4.32. The molecule has 2 heteroatoms. The molecule has 2 nitrogen and oxygen atoms in total. The maximum Gasteiger partial charge on any atom is 0.307 e. The number of benzene rings is 2. The van der Waals surface area contributed by atoms with Crippen LogP contribution < -0.4 is 0 Å². The molecule has 0 radical (unpaired) electrons. The van der Waals surface area contributed by atoms with Gasteiger partial charge in [0.15, 0.2) is 0 Å². The van der Waals surface area contributed by atoms with Gasteiger partial charge >= 0.3 is 5.97 Å². The van der Waals surface area contributed by atoms with Crippen LogP contribution in [0.2, 0.25) is 0 Å². The van der Waals surface area contributed by atoms with Gasteiger partial charge in [0.1, 0.15) is 0 Å². The van der Waals surface area contributed by atoms with Crippen molar-refractivity contribution in [2.75, 3.05) is 0 Å². The predicted molar refractivity (Wildman–Crippen MR) is 67.9 cm³/mol. The zero-order valence-electron chi connectivity index (χ0n) is 9.31. The van der Waals surface area contributed by atoms with Crippen molar-refractivity contribution in [1.82, 2.24) is 0 Å². The highest BCUT2D eigenvalue weighted by Gasteiger charge is 2.15. The lowest BCUT2D eigenvalue weighted by Gasteiger charge is -2.17. The number of carbonyl (C=O) groups is 1. The summed E-state index contributed by atoms with van der Waals surface area (Å²) in [6, 6.07) is 12.3. The van der Waals surface area contributed by atoms with E-state index < -0.39 is 5.97 Å². The lowest BCUT2D eigenvalue weighted by molar-refractivity contribution is -0.135. The number of rotatable bonds is 2. The van der Waals surface area contributed by atoms with E-state index >= 15 is 0 Å². The SMILES string of the molecule is O=C(O)CC1=CCc2cccc3cccc1c23. The number of aliphatic carboxylic acids is 1. The smallest absolute Gasteiger partial charge is 0.307 e. The van der Waals surface area contributed by atoms with Crippen LogP contribution in [0.3, 0.4) is 0 Å². The van der Waals surface area contributed by atoms with E-state index in [2.05, 4.69) is 24.3 Å². The van der Waals surface area contributed by atoms with Gasteiger partial charge in [-0.15, -0.1) is 0 Å². The topological polar surface area (TPSA) is 37.3 Å². The van der Waals surface area contributed by atoms with E-state index in [0.717, 1.165) is 17.6 Å². The molecule has 0 spiro atoms. The maximum absolute atomic E-state index is 10.9. The standard InChI is InChI=1S/C15H12O2/c16-14(17)9-12-8-7-11-4-1-3-10-5-2-6-13(12)15(10)11/h1-6,8H,7,9H2,(H,16,17). The Balaban J connectivity index is 2.24. The summed E-state index contributed by atoms with van der Waals surface area (Å²) in [6.07, 6.45) is 2.97. The molecule has 0 atom stereocenters. The first-order valence-electron chi connectivity index (χ1n) is 5.67. The number of carboxylic acids is 1. The van der Waals surface area contributed by atoms with Crippen molar-refractivity contribution in [3.63, 3.8) is 0 Å². The van der Waals surface area contributed by atoms with Gasteiger partial charge < -0.3 is 5.11 Å². The highest BCUT2D eigenvalue weighted by Crippen LogP contribution is 2.34. The molecule has 84 valence electrons. The van der Waals surface area contributed by atoms with Crippen molar-refractivity contribution < 1.29 is 9.90 Å². The molecule has 0 saturated carbocycles. The van der Waals surface area contributed by atoms with Gasteiger partial charge in [-0.1, -0.05) is 42.5 Å². The predicted octanol–water partition coefficient (Wildman–Crippen LogP) is 3.25. The van der Waals surface area contributed by atoms with Crippen LogP contribution >= 0.6 is 0 Å². The van der Waals surface area contributed by atoms with Crippen molar-refractivity contribution in [2.24, 2.45) is 0 Å². The Hall–Kier alpha value is -2.09. The van der Waals surface area contributed by atoms with E-state index in [1.165, 1.54) is 16.3 Å². The van der Waals surface area contributed by atoms with Crippen LogP contribution in [-0.2, 0) is 11.2 Å². The Labute approximate surface area is 99.2 Å². The first-order valence-corrected chi connectivity index (χ1v) is 5.67. The Morgan fingerprint density at radius 1 is 1.18 bits per heavy atom. The molecule has 1 aliphatic rings. The molecule has 2 aromatic carbocycles. The van der Waals surface area contributed by atoms with Gasteiger partial charge in [0.2, 0.25) is 0 Å². The van der Waals surface area contributed by atoms with Crippen molar-refractivity contribution in [1.29, 1.82) is 0 Å². The van der Waals surface area contributed by atoms with Crippen LogP contribution in [0.25, 0.3) is 16.3 Å². The lowest BCUT2D eigenvalue weighted by atomic mass is 9.87. The summed E-state index contributed by atoms with van der Waals surface area (Å²) in [5.74, 6) is -0.771. The van der Waals surface area contributed by atoms with Crippen LogP contribution in [0.5, 0.6) is 0 Å². The zero-order valence-corrected chi connectivity index (χ0v) is 9.31. The molecule has 3 rings (SSSR count). The van der Waals surface area contributed by atoms with E-state index in [1.54, 1.807) is 0 Å². The van der Waals surface area contributed by atoms with Crippen LogP contribution in [-0.4, -0.2) is 11.1 Å². The Morgan fingerprint density at radius 2 is 1.94 bits per heavy atom. The molecule has 2 aromatic rings. The monoisotopic (exact) mass is 224 g/mol. The fourth-order valence-electron chi connectivity index (χ4n) is 2.53. The molecular weight excluding hydrogens is 212 g/mol. The summed E-state index contributed by atoms with van der Waals surface area (Å²) >= 11 is 0. The first-order chi connectivity index (χ1) is 8.25. The van der Waals surface area contributed by atoms with Gasteiger partial charge in [0, 0.05) is 0 Å². The first kappa shape index (κ1) is 10.1. The van der Waals surface area contributed by atoms with Crippen LogP contribution in [0, 0.1) is 0 Å². The van der Waals surface area contributed by atoms with Crippen molar-refractivity contribution >= 4 is 22.3 Å². The van der Waals surface area contributed by atoms with Crippen molar-refractivity contribution in [3.05, 3.63) is 53.6 Å². The highest BCUT2D eigenvalue weighted by molar-refractivity contribution is 6.00. The number of carboxylic acid groups (broad SMARTS) is 1. The molecule has 1 N–H and O–H groups in total. The van der Waals surface area contributed by atoms with Gasteiger partial charge in [-0.05, 0) is 33.9 Å². The minimum absolute atomic E-state index is 0.105. The second kappa shape index (κ2) is 3.74. The molecule has 0 heterocycles. The summed E-state index contributed by atoms with van der Waals surface area (Å²) in [7, 11) is 0. The van der Waals surface area contributed by atoms with E-state index in [9.17, 15) is 4.79 Å². The second-order valence-corrected chi connectivity index (χ2v) is 4.32. The molecular formula is C15H12O2. The third-order valence-corrected chi connectivity index (χ3v) is 3.25. The average molecular weight is 224 g/mol. The molecule has 1 aliphatic carbocycles. The fraction of sp³-hybridized carbons (Fsp3) is 0.133. The summed E-state index contributed by atoms with van der Waals surface area (Å²) < 4.78 is 0. The van der Waals surface area contributed by atoms with Crippen LogP contribution in [0.1, 0.15) is 17.5 Å². The summed E-state index contributed by atoms with van der Waals surface area (Å²) in [6.45, 7) is 0. The lowest BCUT2D eigenvalue weighted by Crippen LogP contribution is -2.03. The minimum Gasteiger partial charge on any atom is -0.481 e. The fourth-order valence-corrected chi connectivity index (χ4v) is 2.53. The van der Waals surface area contributed by atoms with Gasteiger partial charge in [0.05, 0.1) is 6.42 Å². The highest BCUT2D eigenvalue weighted by atomic mass is 16.4. The van der Waals surface area contributed by atoms with Crippen LogP contribution in [0.4, 0.5) is 0 Å². The van der Waals surface area contributed by atoms with Gasteiger partial charge in [-0.2, -0.15) is 0 Å². The number of hydrogen-bond donors (Lipinski definition) is 1.